The maximum atomic E-state index is 12.9. The van der Waals surface area contributed by atoms with Crippen LogP contribution < -0.4 is 5.32 Å². The molecule has 0 atom stereocenters. The molecule has 1 heterocycles. The zero-order chi connectivity index (χ0) is 21.7. The number of anilines is 1. The van der Waals surface area contributed by atoms with Crippen LogP contribution >= 0.6 is 15.9 Å². The topological polar surface area (TPSA) is 62.3 Å². The molecule has 0 saturated heterocycles. The average molecular weight is 466 g/mol. The molecule has 2 aromatic carbocycles. The number of carbonyl (C=O) groups excluding carboxylic acids is 2. The molecule has 0 spiro atoms. The maximum Gasteiger partial charge on any atom is 0.255 e. The summed E-state index contributed by atoms with van der Waals surface area (Å²) in [4.78, 5) is 31.3. The van der Waals surface area contributed by atoms with Crippen LogP contribution in [0.4, 0.5) is 5.69 Å². The summed E-state index contributed by atoms with van der Waals surface area (Å²) >= 11 is 3.46. The Morgan fingerprint density at radius 1 is 1.07 bits per heavy atom. The van der Waals surface area contributed by atoms with Gasteiger partial charge in [0.1, 0.15) is 0 Å². The lowest BCUT2D eigenvalue weighted by molar-refractivity contribution is -0.116. The molecule has 0 aliphatic carbocycles. The summed E-state index contributed by atoms with van der Waals surface area (Å²) in [6.45, 7) is 3.80. The molecule has 0 saturated carbocycles. The highest BCUT2D eigenvalue weighted by Gasteiger charge is 2.18. The smallest absolute Gasteiger partial charge is 0.255 e. The van der Waals surface area contributed by atoms with E-state index in [1.165, 1.54) is 4.90 Å². The second-order valence-corrected chi connectivity index (χ2v) is 7.98. The van der Waals surface area contributed by atoms with E-state index in [0.29, 0.717) is 11.3 Å². The third-order valence-electron chi connectivity index (χ3n) is 4.84. The monoisotopic (exact) mass is 465 g/mol. The minimum absolute atomic E-state index is 0.0380. The van der Waals surface area contributed by atoms with Crippen LogP contribution in [0.2, 0.25) is 0 Å². The van der Waals surface area contributed by atoms with E-state index in [1.54, 1.807) is 20.0 Å². The summed E-state index contributed by atoms with van der Waals surface area (Å²) < 4.78 is 0.968. The van der Waals surface area contributed by atoms with E-state index < -0.39 is 0 Å². The molecule has 154 valence electrons. The first-order valence-electron chi connectivity index (χ1n) is 9.76. The van der Waals surface area contributed by atoms with Gasteiger partial charge in [0.15, 0.2) is 0 Å². The standard InChI is InChI=1S/C24H24BrN3O2/c1-4-17-8-5-6-11-21(17)27-23(29)15-28(3)24(30)20-12-13-22(26-16(20)2)18-9-7-10-19(25)14-18/h5-14H,4,15H2,1-3H3,(H,27,29). The zero-order valence-corrected chi connectivity index (χ0v) is 18.9. The van der Waals surface area contributed by atoms with Crippen LogP contribution in [0.25, 0.3) is 11.3 Å². The van der Waals surface area contributed by atoms with Gasteiger partial charge in [-0.1, -0.05) is 53.2 Å². The van der Waals surface area contributed by atoms with Gasteiger partial charge in [0, 0.05) is 22.8 Å². The largest absolute Gasteiger partial charge is 0.332 e. The van der Waals surface area contributed by atoms with Gasteiger partial charge in [-0.05, 0) is 49.2 Å². The fraction of sp³-hybridized carbons (Fsp3) is 0.208. The van der Waals surface area contributed by atoms with E-state index in [2.05, 4.69) is 26.2 Å². The maximum absolute atomic E-state index is 12.9. The number of pyridine rings is 1. The molecule has 0 bridgehead atoms. The molecule has 0 aliphatic rings. The number of nitrogens with one attached hydrogen (secondary N) is 1. The lowest BCUT2D eigenvalue weighted by atomic mass is 10.1. The molecule has 0 fully saturated rings. The van der Waals surface area contributed by atoms with Crippen molar-refractivity contribution in [3.63, 3.8) is 0 Å². The van der Waals surface area contributed by atoms with Crippen molar-refractivity contribution in [2.45, 2.75) is 20.3 Å². The van der Waals surface area contributed by atoms with E-state index in [9.17, 15) is 9.59 Å². The molecule has 3 aromatic rings. The predicted molar refractivity (Wildman–Crippen MR) is 124 cm³/mol. The first kappa shape index (κ1) is 21.7. The Hall–Kier alpha value is -2.99. The minimum atomic E-state index is -0.236. The van der Waals surface area contributed by atoms with Crippen LogP contribution in [0, 0.1) is 6.92 Å². The number of halogens is 1. The van der Waals surface area contributed by atoms with Gasteiger partial charge in [0.2, 0.25) is 5.91 Å². The van der Waals surface area contributed by atoms with Crippen molar-refractivity contribution in [1.82, 2.24) is 9.88 Å². The Morgan fingerprint density at radius 3 is 2.53 bits per heavy atom. The van der Waals surface area contributed by atoms with Gasteiger partial charge in [0.05, 0.1) is 23.5 Å². The summed E-state index contributed by atoms with van der Waals surface area (Å²) in [5, 5.41) is 2.90. The Balaban J connectivity index is 1.70. The van der Waals surface area contributed by atoms with Crippen molar-refractivity contribution in [2.24, 2.45) is 0 Å². The van der Waals surface area contributed by atoms with Crippen molar-refractivity contribution in [3.05, 3.63) is 82.0 Å². The minimum Gasteiger partial charge on any atom is -0.332 e. The molecule has 2 amide bonds. The third-order valence-corrected chi connectivity index (χ3v) is 5.33. The number of hydrogen-bond acceptors (Lipinski definition) is 3. The van der Waals surface area contributed by atoms with E-state index in [0.717, 1.165) is 33.4 Å². The fourth-order valence-corrected chi connectivity index (χ4v) is 3.63. The van der Waals surface area contributed by atoms with Crippen LogP contribution in [0.1, 0.15) is 28.5 Å². The van der Waals surface area contributed by atoms with E-state index in [-0.39, 0.29) is 18.4 Å². The molecule has 1 N–H and O–H groups in total. The summed E-state index contributed by atoms with van der Waals surface area (Å²) in [5.74, 6) is -0.470. The molecule has 6 heteroatoms. The van der Waals surface area contributed by atoms with Gasteiger partial charge in [-0.25, -0.2) is 0 Å². The van der Waals surface area contributed by atoms with Crippen molar-refractivity contribution in [1.29, 1.82) is 0 Å². The quantitative estimate of drug-likeness (QED) is 0.551. The molecule has 30 heavy (non-hydrogen) atoms. The van der Waals surface area contributed by atoms with E-state index >= 15 is 0 Å². The van der Waals surface area contributed by atoms with E-state index in [1.807, 2.05) is 61.5 Å². The molecular formula is C24H24BrN3O2. The lowest BCUT2D eigenvalue weighted by Crippen LogP contribution is -2.35. The molecular weight excluding hydrogens is 442 g/mol. The number of likely N-dealkylation sites (N-methyl/N-ethyl adjacent to an activating group) is 1. The highest BCUT2D eigenvalue weighted by Crippen LogP contribution is 2.23. The number of aryl methyl sites for hydroxylation is 2. The fourth-order valence-electron chi connectivity index (χ4n) is 3.23. The van der Waals surface area contributed by atoms with Crippen molar-refractivity contribution >= 4 is 33.4 Å². The highest BCUT2D eigenvalue weighted by molar-refractivity contribution is 9.10. The number of amides is 2. The number of aromatic nitrogens is 1. The molecule has 1 aromatic heterocycles. The Labute approximate surface area is 185 Å². The third kappa shape index (κ3) is 5.13. The highest BCUT2D eigenvalue weighted by atomic mass is 79.9. The van der Waals surface area contributed by atoms with E-state index in [4.69, 9.17) is 0 Å². The molecule has 3 rings (SSSR count). The van der Waals surface area contributed by atoms with Gasteiger partial charge in [0.25, 0.3) is 5.91 Å². The summed E-state index contributed by atoms with van der Waals surface area (Å²) in [5.41, 5.74) is 4.71. The summed E-state index contributed by atoms with van der Waals surface area (Å²) in [6, 6.07) is 19.1. The van der Waals surface area contributed by atoms with Crippen LogP contribution in [-0.2, 0) is 11.2 Å². The Kier molecular flexibility index (Phi) is 7.00. The second kappa shape index (κ2) is 9.67. The van der Waals surface area contributed by atoms with Crippen molar-refractivity contribution in [3.8, 4) is 11.3 Å². The molecule has 5 nitrogen and oxygen atoms in total. The summed E-state index contributed by atoms with van der Waals surface area (Å²) in [6.07, 6.45) is 0.820. The zero-order valence-electron chi connectivity index (χ0n) is 17.3. The van der Waals surface area contributed by atoms with Gasteiger partial charge in [-0.3, -0.25) is 14.6 Å². The predicted octanol–water partition coefficient (Wildman–Crippen LogP) is 5.09. The normalized spacial score (nSPS) is 10.5. The first-order chi connectivity index (χ1) is 14.4. The number of hydrogen-bond donors (Lipinski definition) is 1. The van der Waals surface area contributed by atoms with Crippen molar-refractivity contribution < 1.29 is 9.59 Å². The van der Waals surface area contributed by atoms with Crippen LogP contribution in [0.15, 0.2) is 65.1 Å². The SMILES string of the molecule is CCc1ccccc1NC(=O)CN(C)C(=O)c1ccc(-c2cccc(Br)c2)nc1C. The molecule has 0 aliphatic heterocycles. The van der Waals surface area contributed by atoms with Crippen LogP contribution in [0.5, 0.6) is 0 Å². The van der Waals surface area contributed by atoms with Gasteiger partial charge >= 0.3 is 0 Å². The molecule has 0 radical (unpaired) electrons. The number of rotatable bonds is 6. The number of para-hydroxylation sites is 1. The number of nitrogens with zero attached hydrogens (tertiary/aromatic N) is 2. The van der Waals surface area contributed by atoms with Crippen LogP contribution in [-0.4, -0.2) is 35.3 Å². The average Bonchev–Trinajstić information content (AvgIpc) is 2.73. The number of benzene rings is 2. The molecule has 0 unspecified atom stereocenters. The van der Waals surface area contributed by atoms with Gasteiger partial charge < -0.3 is 10.2 Å². The van der Waals surface area contributed by atoms with Crippen molar-refractivity contribution in [2.75, 3.05) is 18.9 Å². The van der Waals surface area contributed by atoms with Gasteiger partial charge in [-0.15, -0.1) is 0 Å². The van der Waals surface area contributed by atoms with Gasteiger partial charge in [-0.2, -0.15) is 0 Å². The Bertz CT molecular complexity index is 1080. The van der Waals surface area contributed by atoms with Crippen LogP contribution in [0.3, 0.4) is 0 Å². The summed E-state index contributed by atoms with van der Waals surface area (Å²) in [7, 11) is 1.62. The lowest BCUT2D eigenvalue weighted by Gasteiger charge is -2.19. The number of carbonyl (C=O) groups is 2. The Morgan fingerprint density at radius 2 is 1.83 bits per heavy atom. The second-order valence-electron chi connectivity index (χ2n) is 7.06. The first-order valence-corrected chi connectivity index (χ1v) is 10.5.